The summed E-state index contributed by atoms with van der Waals surface area (Å²) in [5, 5.41) is 27.8. The number of nitrogens with zero attached hydrogens (tertiary/aromatic N) is 5. The number of nitrogens with one attached hydrogen (secondary N) is 2. The van der Waals surface area contributed by atoms with Gasteiger partial charge in [-0.1, -0.05) is 13.3 Å². The molecule has 0 aliphatic carbocycles. The van der Waals surface area contributed by atoms with Crippen LogP contribution in [0.4, 0.5) is 11.9 Å². The molecule has 0 bridgehead atoms. The van der Waals surface area contributed by atoms with Gasteiger partial charge in [0.15, 0.2) is 5.82 Å². The predicted octanol–water partition coefficient (Wildman–Crippen LogP) is 3.75. The zero-order valence-electron chi connectivity index (χ0n) is 24.5. The molecule has 3 heterocycles. The first kappa shape index (κ1) is 30.4. The van der Waals surface area contributed by atoms with Crippen LogP contribution >= 0.6 is 0 Å². The van der Waals surface area contributed by atoms with Gasteiger partial charge >= 0.3 is 0 Å². The summed E-state index contributed by atoms with van der Waals surface area (Å²) < 4.78 is 6.09. The third-order valence-corrected chi connectivity index (χ3v) is 7.48. The Kier molecular flexibility index (Phi) is 9.89. The molecule has 2 aliphatic rings. The lowest BCUT2D eigenvalue weighted by Crippen LogP contribution is -2.59. The molecule has 3 rings (SSSR count). The van der Waals surface area contributed by atoms with Crippen molar-refractivity contribution >= 4 is 18.1 Å². The highest BCUT2D eigenvalue weighted by atomic mass is 16.5. The van der Waals surface area contributed by atoms with Gasteiger partial charge in [-0.3, -0.25) is 9.89 Å². The smallest absolute Gasteiger partial charge is 0.234 e. The second-order valence-corrected chi connectivity index (χ2v) is 12.2. The highest BCUT2D eigenvalue weighted by molar-refractivity contribution is 5.75. The highest BCUT2D eigenvalue weighted by Crippen LogP contribution is 2.40. The molecule has 214 valence electrons. The number of unbranched alkanes of at least 4 members (excludes halogenated alkanes) is 1. The summed E-state index contributed by atoms with van der Waals surface area (Å²) in [4.78, 5) is 20.3. The second-order valence-electron chi connectivity index (χ2n) is 12.2. The maximum absolute atomic E-state index is 10.4. The molecule has 2 aliphatic heterocycles. The van der Waals surface area contributed by atoms with Crippen LogP contribution in [0.1, 0.15) is 92.8 Å². The molecule has 10 nitrogen and oxygen atoms in total. The van der Waals surface area contributed by atoms with Gasteiger partial charge in [0.2, 0.25) is 11.9 Å². The van der Waals surface area contributed by atoms with Crippen LogP contribution in [-0.2, 0) is 10.3 Å². The van der Waals surface area contributed by atoms with Gasteiger partial charge < -0.3 is 25.6 Å². The Bertz CT molecular complexity index is 941. The number of aliphatic hydroxyl groups is 2. The molecule has 38 heavy (non-hydrogen) atoms. The van der Waals surface area contributed by atoms with E-state index in [0.29, 0.717) is 30.7 Å². The molecule has 10 heteroatoms. The molecule has 0 radical (unpaired) electrons. The number of aliphatic imine (C=N–C) groups is 1. The molecule has 0 saturated carbocycles. The van der Waals surface area contributed by atoms with E-state index < -0.39 is 18.0 Å². The van der Waals surface area contributed by atoms with Gasteiger partial charge in [-0.2, -0.15) is 15.0 Å². The zero-order valence-corrected chi connectivity index (χ0v) is 24.5. The van der Waals surface area contributed by atoms with Gasteiger partial charge in [-0.05, 0) is 91.7 Å². The highest BCUT2D eigenvalue weighted by Gasteiger charge is 2.42. The summed E-state index contributed by atoms with van der Waals surface area (Å²) in [6, 6.07) is 0. The van der Waals surface area contributed by atoms with E-state index in [1.165, 1.54) is 4.90 Å². The van der Waals surface area contributed by atoms with Gasteiger partial charge in [0.05, 0.1) is 6.10 Å². The molecular formula is C28H49N7O3. The number of hydrogen-bond acceptors (Lipinski definition) is 10. The zero-order chi connectivity index (χ0) is 28.1. The monoisotopic (exact) mass is 531 g/mol. The number of ether oxygens (including phenoxy) is 1. The van der Waals surface area contributed by atoms with E-state index in [0.717, 1.165) is 32.1 Å². The van der Waals surface area contributed by atoms with Crippen molar-refractivity contribution in [3.8, 4) is 0 Å². The summed E-state index contributed by atoms with van der Waals surface area (Å²) in [6.07, 6.45) is 9.32. The van der Waals surface area contributed by atoms with Gasteiger partial charge in [0.1, 0.15) is 18.0 Å². The Balaban J connectivity index is 1.93. The number of methoxy groups -OCH3 is 1. The van der Waals surface area contributed by atoms with Gasteiger partial charge in [-0.15, -0.1) is 0 Å². The molecule has 4 unspecified atom stereocenters. The molecule has 0 amide bonds. The number of allylic oxidation sites excluding steroid dienone is 1. The first-order chi connectivity index (χ1) is 17.8. The van der Waals surface area contributed by atoms with Crippen LogP contribution in [0.15, 0.2) is 17.1 Å². The molecule has 0 spiro atoms. The topological polar surface area (TPSA) is 128 Å². The lowest BCUT2D eigenvalue weighted by Gasteiger charge is -2.48. The quantitative estimate of drug-likeness (QED) is 0.222. The van der Waals surface area contributed by atoms with Crippen LogP contribution in [0.25, 0.3) is 0 Å². The van der Waals surface area contributed by atoms with E-state index in [-0.39, 0.29) is 23.1 Å². The fourth-order valence-electron chi connectivity index (χ4n) is 6.16. The summed E-state index contributed by atoms with van der Waals surface area (Å²) in [6.45, 7) is 15.0. The maximum Gasteiger partial charge on any atom is 0.234 e. The summed E-state index contributed by atoms with van der Waals surface area (Å²) in [7, 11) is 1.80. The minimum absolute atomic E-state index is 0.0277. The third-order valence-electron chi connectivity index (χ3n) is 7.48. The fourth-order valence-corrected chi connectivity index (χ4v) is 6.16. The SMILES string of the molecule is CCCCNc1nc(N(C(C)O)C(C)O)nc(C2(CCC(OC)C3CC(C)(C)NC(C)(C)C3)C=CC=N2)n1. The molecule has 4 N–H and O–H groups in total. The average molecular weight is 532 g/mol. The predicted molar refractivity (Wildman–Crippen MR) is 152 cm³/mol. The number of aliphatic hydroxyl groups excluding tert-OH is 2. The van der Waals surface area contributed by atoms with Crippen LogP contribution in [0.2, 0.25) is 0 Å². The molecule has 1 aromatic heterocycles. The minimum Gasteiger partial charge on any atom is -0.381 e. The van der Waals surface area contributed by atoms with Crippen molar-refractivity contribution in [3.63, 3.8) is 0 Å². The lowest BCUT2D eigenvalue weighted by atomic mass is 9.72. The van der Waals surface area contributed by atoms with Gasteiger partial charge in [0.25, 0.3) is 0 Å². The van der Waals surface area contributed by atoms with E-state index in [1.54, 1.807) is 27.2 Å². The Morgan fingerprint density at radius 3 is 2.29 bits per heavy atom. The fraction of sp³-hybridized carbons (Fsp3) is 0.786. The Hall–Kier alpha value is -2.14. The molecule has 4 atom stereocenters. The van der Waals surface area contributed by atoms with Crippen molar-refractivity contribution < 1.29 is 14.9 Å². The number of hydrogen-bond donors (Lipinski definition) is 4. The van der Waals surface area contributed by atoms with Crippen LogP contribution in [0.5, 0.6) is 0 Å². The van der Waals surface area contributed by atoms with Crippen LogP contribution in [0, 0.1) is 5.92 Å². The summed E-state index contributed by atoms with van der Waals surface area (Å²) in [5.74, 6) is 1.50. The van der Waals surface area contributed by atoms with Crippen molar-refractivity contribution in [2.45, 2.75) is 122 Å². The Morgan fingerprint density at radius 1 is 1.11 bits per heavy atom. The van der Waals surface area contributed by atoms with E-state index in [9.17, 15) is 10.2 Å². The van der Waals surface area contributed by atoms with E-state index in [2.05, 4.69) is 50.2 Å². The molecule has 1 saturated heterocycles. The largest absolute Gasteiger partial charge is 0.381 e. The summed E-state index contributed by atoms with van der Waals surface area (Å²) in [5.41, 5.74) is -0.726. The van der Waals surface area contributed by atoms with Crippen LogP contribution in [0.3, 0.4) is 0 Å². The van der Waals surface area contributed by atoms with Crippen molar-refractivity contribution in [2.75, 3.05) is 23.9 Å². The standard InChI is InChI=1S/C28H49N7O3/c1-9-10-15-29-24-31-23(32-25(33-24)35(19(2)36)20(3)37)28(13-11-16-30-28)14-12-22(38-8)21-17-26(4,5)34-27(6,7)18-21/h11,13,16,19-22,34,36-37H,9-10,12,14-15,17-18H2,1-8H3,(H,29,31,32,33). The second kappa shape index (κ2) is 12.4. The van der Waals surface area contributed by atoms with Crippen molar-refractivity contribution in [1.29, 1.82) is 0 Å². The molecule has 1 aromatic rings. The van der Waals surface area contributed by atoms with Gasteiger partial charge in [-0.25, -0.2) is 0 Å². The van der Waals surface area contributed by atoms with Crippen molar-refractivity contribution in [2.24, 2.45) is 10.9 Å². The molecular weight excluding hydrogens is 482 g/mol. The average Bonchev–Trinajstić information content (AvgIpc) is 3.27. The maximum atomic E-state index is 10.4. The van der Waals surface area contributed by atoms with Crippen molar-refractivity contribution in [3.05, 3.63) is 18.0 Å². The molecule has 0 aromatic carbocycles. The number of anilines is 2. The molecule has 1 fully saturated rings. The van der Waals surface area contributed by atoms with Gasteiger partial charge in [0, 0.05) is 30.9 Å². The number of piperidine rings is 1. The van der Waals surface area contributed by atoms with Crippen LogP contribution in [-0.4, -0.2) is 74.7 Å². The minimum atomic E-state index is -0.989. The van der Waals surface area contributed by atoms with E-state index >= 15 is 0 Å². The third kappa shape index (κ3) is 7.49. The van der Waals surface area contributed by atoms with Crippen LogP contribution < -0.4 is 15.5 Å². The van der Waals surface area contributed by atoms with E-state index in [4.69, 9.17) is 19.7 Å². The Labute approximate surface area is 228 Å². The first-order valence-electron chi connectivity index (χ1n) is 14.0. The van der Waals surface area contributed by atoms with Crippen molar-refractivity contribution in [1.82, 2.24) is 20.3 Å². The number of rotatable bonds is 13. The Morgan fingerprint density at radius 2 is 1.76 bits per heavy atom. The summed E-state index contributed by atoms with van der Waals surface area (Å²) >= 11 is 0. The number of aromatic nitrogens is 3. The normalized spacial score (nSPS) is 24.8. The lowest BCUT2D eigenvalue weighted by molar-refractivity contribution is -0.00936. The first-order valence-corrected chi connectivity index (χ1v) is 14.0. The van der Waals surface area contributed by atoms with E-state index in [1.807, 2.05) is 12.2 Å².